The summed E-state index contributed by atoms with van der Waals surface area (Å²) in [5.41, 5.74) is 9.05. The first-order valence-corrected chi connectivity index (χ1v) is 8.05. The monoisotopic (exact) mass is 320 g/mol. The van der Waals surface area contributed by atoms with Crippen LogP contribution in [0.2, 0.25) is 0 Å². The quantitative estimate of drug-likeness (QED) is 0.793. The molecule has 5 nitrogen and oxygen atoms in total. The van der Waals surface area contributed by atoms with E-state index in [2.05, 4.69) is 32.2 Å². The van der Waals surface area contributed by atoms with E-state index in [-0.39, 0.29) is 11.3 Å². The Hall–Kier alpha value is -1.88. The fourth-order valence-corrected chi connectivity index (χ4v) is 2.33. The Kier molecular flexibility index (Phi) is 7.23. The zero-order chi connectivity index (χ0) is 17.5. The van der Waals surface area contributed by atoms with Gasteiger partial charge in [-0.25, -0.2) is 0 Å². The number of carbonyl (C=O) groups is 2. The Labute approximate surface area is 138 Å². The molecule has 5 heteroatoms. The average molecular weight is 320 g/mol. The normalized spacial score (nSPS) is 13.5. The standard InChI is InChI=1S/C10H12N2O.C8H16O2/c11-6-7-1-3-9-8(5-7)2-4-10(13)12-9;1-8(2,3)6-4-5-7(9)10/h1,3,5H,2,4,6,11H2,(H,12,13);4-6H2,1-3H3,(H,9,10). The topological polar surface area (TPSA) is 92.4 Å². The van der Waals surface area contributed by atoms with Gasteiger partial charge >= 0.3 is 5.97 Å². The van der Waals surface area contributed by atoms with Crippen molar-refractivity contribution in [3.63, 3.8) is 0 Å². The second kappa shape index (κ2) is 8.67. The molecule has 128 valence electrons. The van der Waals surface area contributed by atoms with Crippen LogP contribution in [0.5, 0.6) is 0 Å². The first-order valence-electron chi connectivity index (χ1n) is 8.05. The number of anilines is 1. The Morgan fingerprint density at radius 3 is 2.57 bits per heavy atom. The molecule has 0 aliphatic carbocycles. The molecule has 1 amide bonds. The number of carboxylic acids is 1. The predicted molar refractivity (Wildman–Crippen MR) is 92.2 cm³/mol. The van der Waals surface area contributed by atoms with Gasteiger partial charge in [0.2, 0.25) is 5.91 Å². The number of benzene rings is 1. The van der Waals surface area contributed by atoms with E-state index in [4.69, 9.17) is 10.8 Å². The Morgan fingerprint density at radius 2 is 2.00 bits per heavy atom. The lowest BCUT2D eigenvalue weighted by Gasteiger charge is -2.17. The maximum atomic E-state index is 11.0. The van der Waals surface area contributed by atoms with Crippen LogP contribution >= 0.6 is 0 Å². The molecule has 0 saturated carbocycles. The van der Waals surface area contributed by atoms with Crippen LogP contribution in [0, 0.1) is 5.41 Å². The van der Waals surface area contributed by atoms with Crippen molar-refractivity contribution in [3.8, 4) is 0 Å². The molecule has 0 atom stereocenters. The number of nitrogens with one attached hydrogen (secondary N) is 1. The van der Waals surface area contributed by atoms with E-state index in [1.807, 2.05) is 12.1 Å². The third-order valence-electron chi connectivity index (χ3n) is 3.62. The van der Waals surface area contributed by atoms with Gasteiger partial charge in [0.05, 0.1) is 0 Å². The average Bonchev–Trinajstić information content (AvgIpc) is 2.45. The summed E-state index contributed by atoms with van der Waals surface area (Å²) in [4.78, 5) is 21.1. The number of amides is 1. The number of fused-ring (bicyclic) bond motifs is 1. The minimum absolute atomic E-state index is 0.105. The lowest BCUT2D eigenvalue weighted by atomic mass is 9.90. The summed E-state index contributed by atoms with van der Waals surface area (Å²) in [6.07, 6.45) is 3.49. The van der Waals surface area contributed by atoms with Crippen molar-refractivity contribution in [2.45, 2.75) is 59.4 Å². The van der Waals surface area contributed by atoms with Crippen molar-refractivity contribution in [2.75, 3.05) is 5.32 Å². The van der Waals surface area contributed by atoms with E-state index >= 15 is 0 Å². The highest BCUT2D eigenvalue weighted by Crippen LogP contribution is 2.23. The van der Waals surface area contributed by atoms with Crippen molar-refractivity contribution >= 4 is 17.6 Å². The Morgan fingerprint density at radius 1 is 1.30 bits per heavy atom. The molecule has 0 radical (unpaired) electrons. The molecule has 1 heterocycles. The molecule has 0 saturated heterocycles. The first-order chi connectivity index (χ1) is 10.7. The molecular weight excluding hydrogens is 292 g/mol. The molecule has 0 aromatic heterocycles. The highest BCUT2D eigenvalue weighted by Gasteiger charge is 2.14. The summed E-state index contributed by atoms with van der Waals surface area (Å²) in [7, 11) is 0. The Balaban J connectivity index is 0.000000241. The van der Waals surface area contributed by atoms with E-state index in [0.29, 0.717) is 19.4 Å². The number of hydrogen-bond donors (Lipinski definition) is 3. The molecule has 0 unspecified atom stereocenters. The maximum Gasteiger partial charge on any atom is 0.303 e. The van der Waals surface area contributed by atoms with Crippen LogP contribution in [0.15, 0.2) is 18.2 Å². The highest BCUT2D eigenvalue weighted by molar-refractivity contribution is 5.93. The number of carboxylic acid groups (broad SMARTS) is 1. The van der Waals surface area contributed by atoms with Crippen molar-refractivity contribution < 1.29 is 14.7 Å². The first kappa shape index (κ1) is 19.2. The smallest absolute Gasteiger partial charge is 0.303 e. The van der Waals surface area contributed by atoms with Gasteiger partial charge in [0, 0.05) is 25.1 Å². The zero-order valence-corrected chi connectivity index (χ0v) is 14.3. The molecule has 0 bridgehead atoms. The van der Waals surface area contributed by atoms with Crippen molar-refractivity contribution in [2.24, 2.45) is 11.1 Å². The minimum Gasteiger partial charge on any atom is -0.481 e. The molecule has 4 N–H and O–H groups in total. The van der Waals surface area contributed by atoms with E-state index in [0.717, 1.165) is 30.5 Å². The number of carbonyl (C=O) groups excluding carboxylic acids is 1. The van der Waals surface area contributed by atoms with Gasteiger partial charge in [0.15, 0.2) is 0 Å². The van der Waals surface area contributed by atoms with Gasteiger partial charge in [0.25, 0.3) is 0 Å². The van der Waals surface area contributed by atoms with Gasteiger partial charge in [-0.1, -0.05) is 32.9 Å². The van der Waals surface area contributed by atoms with E-state index in [1.54, 1.807) is 0 Å². The largest absolute Gasteiger partial charge is 0.481 e. The van der Waals surface area contributed by atoms with Crippen molar-refractivity contribution in [3.05, 3.63) is 29.3 Å². The van der Waals surface area contributed by atoms with Gasteiger partial charge in [-0.3, -0.25) is 9.59 Å². The van der Waals surface area contributed by atoms with Crippen LogP contribution in [0.3, 0.4) is 0 Å². The van der Waals surface area contributed by atoms with Crippen LogP contribution in [0.25, 0.3) is 0 Å². The molecule has 0 fully saturated rings. The van der Waals surface area contributed by atoms with E-state index in [1.165, 1.54) is 5.56 Å². The molecule has 1 aromatic carbocycles. The number of nitrogens with two attached hydrogens (primary N) is 1. The molecule has 2 rings (SSSR count). The van der Waals surface area contributed by atoms with Crippen LogP contribution in [-0.4, -0.2) is 17.0 Å². The Bertz CT molecular complexity index is 548. The van der Waals surface area contributed by atoms with E-state index < -0.39 is 5.97 Å². The predicted octanol–water partition coefficient (Wildman–Crippen LogP) is 3.32. The van der Waals surface area contributed by atoms with Gasteiger partial charge < -0.3 is 16.2 Å². The van der Waals surface area contributed by atoms with Gasteiger partial charge in [-0.2, -0.15) is 0 Å². The lowest BCUT2D eigenvalue weighted by molar-refractivity contribution is -0.137. The minimum atomic E-state index is -0.691. The molecular formula is C18H28N2O3. The lowest BCUT2D eigenvalue weighted by Crippen LogP contribution is -2.19. The SMILES string of the molecule is CC(C)(C)CCCC(=O)O.NCc1ccc2c(c1)CCC(=O)N2. The third-order valence-corrected chi connectivity index (χ3v) is 3.62. The van der Waals surface area contributed by atoms with Gasteiger partial charge in [-0.05, 0) is 41.9 Å². The number of aliphatic carboxylic acids is 1. The van der Waals surface area contributed by atoms with Crippen molar-refractivity contribution in [1.29, 1.82) is 0 Å². The second-order valence-corrected chi connectivity index (χ2v) is 7.05. The van der Waals surface area contributed by atoms with Crippen LogP contribution in [-0.2, 0) is 22.6 Å². The molecule has 1 aliphatic rings. The van der Waals surface area contributed by atoms with Crippen LogP contribution < -0.4 is 11.1 Å². The summed E-state index contributed by atoms with van der Waals surface area (Å²) in [6, 6.07) is 5.94. The summed E-state index contributed by atoms with van der Waals surface area (Å²) in [5.74, 6) is -0.586. The molecule has 1 aliphatic heterocycles. The summed E-state index contributed by atoms with van der Waals surface area (Å²) >= 11 is 0. The summed E-state index contributed by atoms with van der Waals surface area (Å²) in [5, 5.41) is 11.1. The van der Waals surface area contributed by atoms with Gasteiger partial charge in [-0.15, -0.1) is 0 Å². The van der Waals surface area contributed by atoms with Gasteiger partial charge in [0.1, 0.15) is 0 Å². The summed E-state index contributed by atoms with van der Waals surface area (Å²) < 4.78 is 0. The van der Waals surface area contributed by atoms with Crippen LogP contribution in [0.4, 0.5) is 5.69 Å². The van der Waals surface area contributed by atoms with E-state index in [9.17, 15) is 9.59 Å². The maximum absolute atomic E-state index is 11.0. The number of hydrogen-bond acceptors (Lipinski definition) is 3. The number of aryl methyl sites for hydroxylation is 1. The molecule has 1 aromatic rings. The molecule has 0 spiro atoms. The highest BCUT2D eigenvalue weighted by atomic mass is 16.4. The molecule has 23 heavy (non-hydrogen) atoms. The summed E-state index contributed by atoms with van der Waals surface area (Å²) in [6.45, 7) is 6.92. The fourth-order valence-electron chi connectivity index (χ4n) is 2.33. The van der Waals surface area contributed by atoms with Crippen LogP contribution in [0.1, 0.15) is 57.6 Å². The third kappa shape index (κ3) is 7.79. The second-order valence-electron chi connectivity index (χ2n) is 7.05. The fraction of sp³-hybridized carbons (Fsp3) is 0.556. The zero-order valence-electron chi connectivity index (χ0n) is 14.3. The van der Waals surface area contributed by atoms with Crippen molar-refractivity contribution in [1.82, 2.24) is 0 Å². The number of rotatable bonds is 4.